The summed E-state index contributed by atoms with van der Waals surface area (Å²) in [6.45, 7) is 0. The Balaban J connectivity index is 1.32. The Morgan fingerprint density at radius 3 is 2.56 bits per heavy atom. The fourth-order valence-corrected chi connectivity index (χ4v) is 7.81. The molecule has 4 atom stereocenters. The molecule has 0 bridgehead atoms. The summed E-state index contributed by atoms with van der Waals surface area (Å²) in [5.41, 5.74) is 7.11. The lowest BCUT2D eigenvalue weighted by Crippen LogP contribution is -2.59. The first-order valence-corrected chi connectivity index (χ1v) is 13.7. The third-order valence-corrected chi connectivity index (χ3v) is 9.39. The van der Waals surface area contributed by atoms with E-state index in [1.54, 1.807) is 0 Å². The maximum Gasteiger partial charge on any atom is 0.178 e. The van der Waals surface area contributed by atoms with Gasteiger partial charge >= 0.3 is 0 Å². The number of aromatic nitrogens is 2. The summed E-state index contributed by atoms with van der Waals surface area (Å²) in [6.07, 6.45) is 10.3. The van der Waals surface area contributed by atoms with Crippen LogP contribution in [0.5, 0.6) is 0 Å². The minimum atomic E-state index is 0.0585. The van der Waals surface area contributed by atoms with Crippen molar-refractivity contribution in [2.45, 2.75) is 31.1 Å². The molecular formula is C32H28N6O. The van der Waals surface area contributed by atoms with E-state index in [9.17, 15) is 0 Å². The number of anilines is 4. The molecule has 4 unspecified atom stereocenters. The zero-order valence-electron chi connectivity index (χ0n) is 21.9. The van der Waals surface area contributed by atoms with Crippen LogP contribution >= 0.6 is 0 Å². The molecule has 3 aromatic carbocycles. The quantitative estimate of drug-likeness (QED) is 0.245. The number of benzene rings is 3. The molecule has 39 heavy (non-hydrogen) atoms. The second-order valence-electron chi connectivity index (χ2n) is 11.2. The number of aryl methyl sites for hydroxylation is 1. The van der Waals surface area contributed by atoms with E-state index in [1.807, 2.05) is 12.4 Å². The van der Waals surface area contributed by atoms with E-state index in [4.69, 9.17) is 14.4 Å². The van der Waals surface area contributed by atoms with Crippen LogP contribution in [0.25, 0.3) is 21.9 Å². The van der Waals surface area contributed by atoms with Gasteiger partial charge in [0.1, 0.15) is 17.9 Å². The van der Waals surface area contributed by atoms with Crippen molar-refractivity contribution in [3.8, 4) is 0 Å². The van der Waals surface area contributed by atoms with Gasteiger partial charge in [-0.1, -0.05) is 48.5 Å². The molecule has 0 N–H and O–H groups in total. The summed E-state index contributed by atoms with van der Waals surface area (Å²) < 4.78 is 6.61. The summed E-state index contributed by atoms with van der Waals surface area (Å²) >= 11 is 0. The predicted molar refractivity (Wildman–Crippen MR) is 154 cm³/mol. The number of fused-ring (bicyclic) bond motifs is 16. The Morgan fingerprint density at radius 2 is 1.64 bits per heavy atom. The number of rotatable bonds is 0. The first-order chi connectivity index (χ1) is 19.2. The van der Waals surface area contributed by atoms with Gasteiger partial charge in [0.05, 0.1) is 5.69 Å². The molecule has 0 spiro atoms. The molecule has 7 nitrogen and oxygen atoms in total. The third-order valence-electron chi connectivity index (χ3n) is 9.39. The van der Waals surface area contributed by atoms with E-state index in [1.165, 1.54) is 33.3 Å². The molecule has 0 saturated heterocycles. The standard InChI is InChI=1S/C32H28N6O/c1-35-17-18-37-27-22(13-14-23-20-8-4-6-10-25(20)39-28(23)27)21-12-11-19-7-3-5-9-24(19)38-30-29(33-15-16-34-30)36(2)32(38)26(21)31(35)37/h3-10,13-18,21,26,31-32H,11-12H2,1-2H3. The van der Waals surface area contributed by atoms with Crippen molar-refractivity contribution in [2.24, 2.45) is 5.92 Å². The van der Waals surface area contributed by atoms with Gasteiger partial charge in [-0.15, -0.1) is 0 Å². The maximum atomic E-state index is 6.61. The van der Waals surface area contributed by atoms with Crippen LogP contribution in [0.1, 0.15) is 23.5 Å². The van der Waals surface area contributed by atoms with Crippen LogP contribution < -0.4 is 14.7 Å². The van der Waals surface area contributed by atoms with Gasteiger partial charge in [0, 0.05) is 61.3 Å². The highest BCUT2D eigenvalue weighted by atomic mass is 16.3. The van der Waals surface area contributed by atoms with Gasteiger partial charge < -0.3 is 24.0 Å². The van der Waals surface area contributed by atoms with Gasteiger partial charge in [-0.25, -0.2) is 9.97 Å². The number of para-hydroxylation sites is 2. The first kappa shape index (κ1) is 21.4. The monoisotopic (exact) mass is 512 g/mol. The lowest BCUT2D eigenvalue weighted by atomic mass is 9.72. The summed E-state index contributed by atoms with van der Waals surface area (Å²) in [4.78, 5) is 19.4. The zero-order chi connectivity index (χ0) is 25.8. The second-order valence-corrected chi connectivity index (χ2v) is 11.2. The van der Waals surface area contributed by atoms with E-state index in [2.05, 4.69) is 107 Å². The highest BCUT2D eigenvalue weighted by molar-refractivity contribution is 6.10. The molecule has 5 aromatic rings. The van der Waals surface area contributed by atoms with Gasteiger partial charge in [0.2, 0.25) is 0 Å². The molecule has 9 rings (SSSR count). The van der Waals surface area contributed by atoms with Crippen LogP contribution in [-0.4, -0.2) is 41.3 Å². The minimum absolute atomic E-state index is 0.0585. The Kier molecular flexibility index (Phi) is 4.14. The summed E-state index contributed by atoms with van der Waals surface area (Å²) in [5, 5.41) is 2.35. The van der Waals surface area contributed by atoms with Crippen LogP contribution in [0.3, 0.4) is 0 Å². The van der Waals surface area contributed by atoms with E-state index in [0.29, 0.717) is 5.92 Å². The largest absolute Gasteiger partial charge is 0.454 e. The van der Waals surface area contributed by atoms with Crippen molar-refractivity contribution in [3.05, 3.63) is 96.6 Å². The van der Waals surface area contributed by atoms with E-state index in [-0.39, 0.29) is 18.2 Å². The van der Waals surface area contributed by atoms with Crippen LogP contribution in [0, 0.1) is 5.92 Å². The average Bonchev–Trinajstić information content (AvgIpc) is 3.62. The maximum absolute atomic E-state index is 6.61. The predicted octanol–water partition coefficient (Wildman–Crippen LogP) is 6.20. The lowest BCUT2D eigenvalue weighted by Gasteiger charge is -2.52. The van der Waals surface area contributed by atoms with Crippen molar-refractivity contribution < 1.29 is 4.42 Å². The van der Waals surface area contributed by atoms with Gasteiger partial charge in [-0.3, -0.25) is 0 Å². The number of nitrogens with zero attached hydrogens (tertiary/aromatic N) is 6. The van der Waals surface area contributed by atoms with Crippen molar-refractivity contribution >= 4 is 44.9 Å². The average molecular weight is 513 g/mol. The molecule has 0 fully saturated rings. The van der Waals surface area contributed by atoms with Crippen molar-refractivity contribution in [1.82, 2.24) is 14.9 Å². The van der Waals surface area contributed by atoms with Crippen LogP contribution in [-0.2, 0) is 6.42 Å². The Morgan fingerprint density at radius 1 is 0.821 bits per heavy atom. The molecule has 0 amide bonds. The number of hydrogen-bond donors (Lipinski definition) is 0. The highest BCUT2D eigenvalue weighted by Crippen LogP contribution is 2.57. The Labute approximate surface area is 226 Å². The second kappa shape index (κ2) is 7.53. The molecule has 2 aromatic heterocycles. The van der Waals surface area contributed by atoms with Gasteiger partial charge in [0.15, 0.2) is 17.2 Å². The fourth-order valence-electron chi connectivity index (χ4n) is 7.81. The smallest absolute Gasteiger partial charge is 0.178 e. The van der Waals surface area contributed by atoms with E-state index >= 15 is 0 Å². The first-order valence-electron chi connectivity index (χ1n) is 13.7. The summed E-state index contributed by atoms with van der Waals surface area (Å²) in [7, 11) is 4.39. The lowest BCUT2D eigenvalue weighted by molar-refractivity contribution is 0.176. The molecule has 4 aliphatic heterocycles. The third kappa shape index (κ3) is 2.67. The Bertz CT molecular complexity index is 1830. The number of hydrogen-bond acceptors (Lipinski definition) is 7. The van der Waals surface area contributed by atoms with Crippen LogP contribution in [0.2, 0.25) is 0 Å². The fraction of sp³-hybridized carbons (Fsp3) is 0.250. The molecule has 0 radical (unpaired) electrons. The minimum Gasteiger partial charge on any atom is -0.454 e. The SMILES string of the molecule is CN1C=CN2c3c(ccc4c3oc3ccccc34)C3CCc4ccccc4N4c5nccnc5N(C)C4C3C12. The molecule has 7 heteroatoms. The molecular weight excluding hydrogens is 484 g/mol. The van der Waals surface area contributed by atoms with Gasteiger partial charge in [0.25, 0.3) is 0 Å². The van der Waals surface area contributed by atoms with Gasteiger partial charge in [-0.2, -0.15) is 0 Å². The summed E-state index contributed by atoms with van der Waals surface area (Å²) in [6, 6.07) is 21.9. The molecule has 6 heterocycles. The topological polar surface area (TPSA) is 51.9 Å². The molecule has 0 aliphatic carbocycles. The normalized spacial score (nSPS) is 24.7. The highest BCUT2D eigenvalue weighted by Gasteiger charge is 2.55. The number of furan rings is 1. The van der Waals surface area contributed by atoms with Crippen LogP contribution in [0.4, 0.5) is 23.0 Å². The van der Waals surface area contributed by atoms with E-state index < -0.39 is 0 Å². The van der Waals surface area contributed by atoms with Crippen molar-refractivity contribution in [2.75, 3.05) is 28.8 Å². The molecule has 4 aliphatic rings. The molecule has 0 saturated carbocycles. The van der Waals surface area contributed by atoms with Crippen molar-refractivity contribution in [1.29, 1.82) is 0 Å². The zero-order valence-corrected chi connectivity index (χ0v) is 21.9. The van der Waals surface area contributed by atoms with Crippen molar-refractivity contribution in [3.63, 3.8) is 0 Å². The summed E-state index contributed by atoms with van der Waals surface area (Å²) in [5.74, 6) is 2.46. The van der Waals surface area contributed by atoms with Gasteiger partial charge in [-0.05, 0) is 42.0 Å². The van der Waals surface area contributed by atoms with Crippen LogP contribution in [0.15, 0.2) is 89.9 Å². The Hall–Kier alpha value is -4.52. The molecule has 192 valence electrons. The van der Waals surface area contributed by atoms with E-state index in [0.717, 1.165) is 35.6 Å².